The van der Waals surface area contributed by atoms with E-state index in [4.69, 9.17) is 0 Å². The highest BCUT2D eigenvalue weighted by atomic mass is 35.5. The topological polar surface area (TPSA) is 69.7 Å². The Bertz CT molecular complexity index is 1040. The van der Waals surface area contributed by atoms with E-state index in [0.29, 0.717) is 37.3 Å². The maximum Gasteiger partial charge on any atom is 0.246 e. The molecule has 2 aromatic rings. The molecule has 0 saturated carbocycles. The van der Waals surface area contributed by atoms with Gasteiger partial charge in [0.2, 0.25) is 11.8 Å². The summed E-state index contributed by atoms with van der Waals surface area (Å²) in [6, 6.07) is 11.6. The number of nitrogens with one attached hydrogen (secondary N) is 1. The summed E-state index contributed by atoms with van der Waals surface area (Å²) in [5.41, 5.74) is 1.09. The van der Waals surface area contributed by atoms with Crippen molar-refractivity contribution in [3.63, 3.8) is 0 Å². The van der Waals surface area contributed by atoms with Gasteiger partial charge in [-0.15, -0.1) is 23.7 Å². The van der Waals surface area contributed by atoms with Crippen molar-refractivity contribution in [3.05, 3.63) is 46.8 Å². The first-order valence-electron chi connectivity index (χ1n) is 12.9. The van der Waals surface area contributed by atoms with Crippen LogP contribution in [0.25, 0.3) is 10.4 Å². The number of carbonyl (C=O) groups excluding carboxylic acids is 3. The molecule has 2 saturated heterocycles. The van der Waals surface area contributed by atoms with Crippen molar-refractivity contribution in [2.24, 2.45) is 5.92 Å². The average molecular weight is 532 g/mol. The lowest BCUT2D eigenvalue weighted by Gasteiger charge is -2.52. The number of unbranched alkanes of at least 4 members (excludes halogenated alkanes) is 1. The van der Waals surface area contributed by atoms with Crippen LogP contribution >= 0.6 is 23.7 Å². The van der Waals surface area contributed by atoms with Crippen LogP contribution in [0.1, 0.15) is 68.1 Å². The number of piperazine rings is 1. The molecule has 0 aliphatic carbocycles. The van der Waals surface area contributed by atoms with E-state index in [1.54, 1.807) is 11.3 Å². The molecule has 0 bridgehead atoms. The molecule has 0 radical (unpaired) electrons. The summed E-state index contributed by atoms with van der Waals surface area (Å²) in [5, 5.41) is 3.09. The Balaban J connectivity index is 0.00000361. The molecule has 196 valence electrons. The monoisotopic (exact) mass is 531 g/mol. The lowest BCUT2D eigenvalue weighted by molar-refractivity contribution is -0.161. The van der Waals surface area contributed by atoms with Crippen LogP contribution in [0.4, 0.5) is 0 Å². The van der Waals surface area contributed by atoms with E-state index in [0.717, 1.165) is 44.3 Å². The molecule has 2 fully saturated rings. The van der Waals surface area contributed by atoms with Gasteiger partial charge in [-0.05, 0) is 49.3 Å². The Hall–Kier alpha value is -2.22. The Morgan fingerprint density at radius 1 is 1.11 bits per heavy atom. The standard InChI is InChI=1S/C28H37N3O3S.ClH/c1-4-5-14-31-26(33)24(17-20(2)3)29-27(34)28(31)12-15-30(16-13-28)18-23-10-11-25(35-23)22-8-6-21(19-32)7-9-22;/h6-11,19-20,24H,4-5,12-18H2,1-3H3,(H,29,34);1H. The van der Waals surface area contributed by atoms with Crippen molar-refractivity contribution in [2.45, 2.75) is 71.0 Å². The minimum atomic E-state index is -0.711. The van der Waals surface area contributed by atoms with Gasteiger partial charge < -0.3 is 10.2 Å². The first kappa shape index (κ1) is 28.4. The second-order valence-corrected chi connectivity index (χ2v) is 11.5. The summed E-state index contributed by atoms with van der Waals surface area (Å²) >= 11 is 1.76. The molecular weight excluding hydrogens is 494 g/mol. The van der Waals surface area contributed by atoms with Gasteiger partial charge in [0.1, 0.15) is 17.9 Å². The number of carbonyl (C=O) groups is 3. The maximum absolute atomic E-state index is 13.4. The zero-order chi connectivity index (χ0) is 25.0. The molecule has 4 rings (SSSR count). The normalized spacial score (nSPS) is 19.9. The number of nitrogens with zero attached hydrogens (tertiary/aromatic N) is 2. The maximum atomic E-state index is 13.4. The molecule has 1 aromatic carbocycles. The number of piperidine rings is 1. The van der Waals surface area contributed by atoms with Crippen LogP contribution in [-0.2, 0) is 16.1 Å². The van der Waals surface area contributed by atoms with Crippen LogP contribution in [-0.4, -0.2) is 59.1 Å². The first-order chi connectivity index (χ1) is 16.9. The smallest absolute Gasteiger partial charge is 0.246 e. The molecule has 1 N–H and O–H groups in total. The van der Waals surface area contributed by atoms with Crippen LogP contribution in [0.5, 0.6) is 0 Å². The van der Waals surface area contributed by atoms with E-state index in [1.807, 2.05) is 29.2 Å². The van der Waals surface area contributed by atoms with Crippen LogP contribution in [0.3, 0.4) is 0 Å². The van der Waals surface area contributed by atoms with Gasteiger partial charge in [-0.1, -0.05) is 51.5 Å². The van der Waals surface area contributed by atoms with Gasteiger partial charge in [0, 0.05) is 41.5 Å². The Kier molecular flexibility index (Phi) is 9.72. The van der Waals surface area contributed by atoms with Crippen LogP contribution in [0.15, 0.2) is 36.4 Å². The SMILES string of the molecule is CCCCN1C(=O)C(CC(C)C)NC(=O)C12CCN(Cc1ccc(-c3ccc(C=O)cc3)s1)CC2.Cl. The van der Waals surface area contributed by atoms with E-state index in [2.05, 4.69) is 43.1 Å². The number of rotatable bonds is 9. The quantitative estimate of drug-likeness (QED) is 0.454. The third-order valence-electron chi connectivity index (χ3n) is 7.31. The third kappa shape index (κ3) is 6.01. The van der Waals surface area contributed by atoms with E-state index in [9.17, 15) is 14.4 Å². The molecule has 8 heteroatoms. The number of thiophene rings is 1. The van der Waals surface area contributed by atoms with Crippen molar-refractivity contribution in [1.82, 2.24) is 15.1 Å². The minimum Gasteiger partial charge on any atom is -0.342 e. The molecule has 2 aliphatic rings. The number of amides is 2. The Morgan fingerprint density at radius 2 is 1.81 bits per heavy atom. The Labute approximate surface area is 224 Å². The highest BCUT2D eigenvalue weighted by Crippen LogP contribution is 2.36. The van der Waals surface area contributed by atoms with E-state index in [-0.39, 0.29) is 24.2 Å². The molecule has 2 amide bonds. The second-order valence-electron chi connectivity index (χ2n) is 10.3. The summed E-state index contributed by atoms with van der Waals surface area (Å²) in [6.07, 6.45) is 4.82. The second kappa shape index (κ2) is 12.3. The molecule has 6 nitrogen and oxygen atoms in total. The van der Waals surface area contributed by atoms with Gasteiger partial charge in [0.15, 0.2) is 0 Å². The van der Waals surface area contributed by atoms with Crippen molar-refractivity contribution in [2.75, 3.05) is 19.6 Å². The fourth-order valence-electron chi connectivity index (χ4n) is 5.29. The lowest BCUT2D eigenvalue weighted by Crippen LogP contribution is -2.73. The molecule has 1 atom stereocenters. The van der Waals surface area contributed by atoms with Gasteiger partial charge in [-0.3, -0.25) is 19.3 Å². The number of hydrogen-bond acceptors (Lipinski definition) is 5. The molecular formula is C28H38ClN3O3S. The number of aldehydes is 1. The minimum absolute atomic E-state index is 0. The van der Waals surface area contributed by atoms with Crippen LogP contribution in [0, 0.1) is 5.92 Å². The first-order valence-corrected chi connectivity index (χ1v) is 13.7. The predicted octanol–water partition coefficient (Wildman–Crippen LogP) is 5.16. The third-order valence-corrected chi connectivity index (χ3v) is 8.43. The van der Waals surface area contributed by atoms with Crippen LogP contribution in [0.2, 0.25) is 0 Å². The van der Waals surface area contributed by atoms with Gasteiger partial charge >= 0.3 is 0 Å². The van der Waals surface area contributed by atoms with Gasteiger partial charge in [-0.25, -0.2) is 0 Å². The van der Waals surface area contributed by atoms with Crippen molar-refractivity contribution >= 4 is 41.8 Å². The summed E-state index contributed by atoms with van der Waals surface area (Å²) < 4.78 is 0. The molecule has 1 aromatic heterocycles. The number of likely N-dealkylation sites (tertiary alicyclic amines) is 1. The molecule has 1 spiro atoms. The summed E-state index contributed by atoms with van der Waals surface area (Å²) in [6.45, 7) is 9.40. The van der Waals surface area contributed by atoms with Crippen molar-refractivity contribution in [3.8, 4) is 10.4 Å². The van der Waals surface area contributed by atoms with Crippen molar-refractivity contribution in [1.29, 1.82) is 0 Å². The van der Waals surface area contributed by atoms with E-state index < -0.39 is 11.6 Å². The number of hydrogen-bond donors (Lipinski definition) is 1. The average Bonchev–Trinajstić information content (AvgIpc) is 3.32. The Morgan fingerprint density at radius 3 is 2.42 bits per heavy atom. The number of benzene rings is 1. The number of halogens is 1. The fraction of sp³-hybridized carbons (Fsp3) is 0.536. The van der Waals surface area contributed by atoms with E-state index in [1.165, 1.54) is 9.75 Å². The van der Waals surface area contributed by atoms with Gasteiger partial charge in [0.25, 0.3) is 0 Å². The molecule has 3 heterocycles. The zero-order valence-corrected chi connectivity index (χ0v) is 23.1. The van der Waals surface area contributed by atoms with Crippen LogP contribution < -0.4 is 5.32 Å². The molecule has 36 heavy (non-hydrogen) atoms. The predicted molar refractivity (Wildman–Crippen MR) is 148 cm³/mol. The summed E-state index contributed by atoms with van der Waals surface area (Å²) in [4.78, 5) is 44.5. The molecule has 2 aliphatic heterocycles. The highest BCUT2D eigenvalue weighted by molar-refractivity contribution is 7.15. The van der Waals surface area contributed by atoms with Gasteiger partial charge in [-0.2, -0.15) is 0 Å². The summed E-state index contributed by atoms with van der Waals surface area (Å²) in [5.74, 6) is 0.492. The van der Waals surface area contributed by atoms with Gasteiger partial charge in [0.05, 0.1) is 0 Å². The fourth-order valence-corrected chi connectivity index (χ4v) is 6.35. The summed E-state index contributed by atoms with van der Waals surface area (Å²) in [7, 11) is 0. The highest BCUT2D eigenvalue weighted by Gasteiger charge is 2.53. The van der Waals surface area contributed by atoms with E-state index >= 15 is 0 Å². The zero-order valence-electron chi connectivity index (χ0n) is 21.5. The lowest BCUT2D eigenvalue weighted by atomic mass is 9.80. The van der Waals surface area contributed by atoms with Crippen molar-refractivity contribution < 1.29 is 14.4 Å². The molecule has 1 unspecified atom stereocenters. The largest absolute Gasteiger partial charge is 0.342 e.